The van der Waals surface area contributed by atoms with Crippen LogP contribution in [0.3, 0.4) is 0 Å². The second-order valence-electron chi connectivity index (χ2n) is 8.19. The van der Waals surface area contributed by atoms with Crippen molar-refractivity contribution in [2.45, 2.75) is 43.5 Å². The van der Waals surface area contributed by atoms with Gasteiger partial charge in [-0.25, -0.2) is 9.97 Å². The molecule has 160 valence electrons. The molecule has 0 bridgehead atoms. The summed E-state index contributed by atoms with van der Waals surface area (Å²) in [5, 5.41) is 4.02. The third kappa shape index (κ3) is 5.25. The topological polar surface area (TPSA) is 58.1 Å². The van der Waals surface area contributed by atoms with Crippen LogP contribution in [0.5, 0.6) is 0 Å². The quantitative estimate of drug-likeness (QED) is 0.584. The monoisotopic (exact) mass is 432 g/mol. The molecule has 0 aliphatic carbocycles. The van der Waals surface area contributed by atoms with Crippen LogP contribution >= 0.6 is 11.8 Å². The number of piperidine rings is 1. The van der Waals surface area contributed by atoms with Gasteiger partial charge < -0.3 is 10.2 Å². The molecule has 0 saturated carbocycles. The van der Waals surface area contributed by atoms with E-state index in [1.54, 1.807) is 24.2 Å². The number of carbonyl (C=O) groups is 1. The van der Waals surface area contributed by atoms with E-state index in [4.69, 9.17) is 0 Å². The number of aryl methyl sites for hydroxylation is 3. The Morgan fingerprint density at radius 2 is 1.77 bits per heavy atom. The maximum Gasteiger partial charge on any atom is 0.229 e. The molecule has 1 unspecified atom stereocenters. The highest BCUT2D eigenvalue weighted by Crippen LogP contribution is 2.34. The van der Waals surface area contributed by atoms with Crippen molar-refractivity contribution in [3.8, 4) is 0 Å². The van der Waals surface area contributed by atoms with Gasteiger partial charge in [0.25, 0.3) is 0 Å². The molecule has 4 rings (SSSR count). The zero-order valence-electron chi connectivity index (χ0n) is 18.3. The van der Waals surface area contributed by atoms with Crippen LogP contribution in [0.2, 0.25) is 0 Å². The number of hydrogen-bond acceptors (Lipinski definition) is 5. The Morgan fingerprint density at radius 1 is 1.03 bits per heavy atom. The largest absolute Gasteiger partial charge is 0.354 e. The Balaban J connectivity index is 1.49. The second-order valence-corrected chi connectivity index (χ2v) is 9.26. The van der Waals surface area contributed by atoms with Gasteiger partial charge in [0.2, 0.25) is 5.91 Å². The van der Waals surface area contributed by atoms with Crippen LogP contribution in [-0.2, 0) is 4.79 Å². The third-order valence-corrected chi connectivity index (χ3v) is 6.61. The summed E-state index contributed by atoms with van der Waals surface area (Å²) in [4.78, 5) is 25.6. The number of hydrogen-bond donors (Lipinski definition) is 1. The highest BCUT2D eigenvalue weighted by Gasteiger charge is 2.28. The first-order chi connectivity index (χ1) is 15.0. The van der Waals surface area contributed by atoms with Gasteiger partial charge in [0.15, 0.2) is 5.82 Å². The molecule has 1 amide bonds. The van der Waals surface area contributed by atoms with Crippen LogP contribution in [0.25, 0.3) is 0 Å². The minimum absolute atomic E-state index is 0.0760. The zero-order valence-corrected chi connectivity index (χ0v) is 19.1. The first kappa shape index (κ1) is 21.4. The van der Waals surface area contributed by atoms with E-state index in [1.165, 1.54) is 5.56 Å². The van der Waals surface area contributed by atoms with Gasteiger partial charge >= 0.3 is 0 Å². The molecule has 1 aliphatic rings. The van der Waals surface area contributed by atoms with Crippen LogP contribution in [0.15, 0.2) is 64.8 Å². The van der Waals surface area contributed by atoms with Crippen LogP contribution < -0.4 is 10.2 Å². The fourth-order valence-electron chi connectivity index (χ4n) is 3.81. The van der Waals surface area contributed by atoms with Crippen LogP contribution in [0.4, 0.5) is 11.5 Å². The first-order valence-electron chi connectivity index (χ1n) is 10.7. The van der Waals surface area contributed by atoms with Crippen LogP contribution in [-0.4, -0.2) is 29.0 Å². The van der Waals surface area contributed by atoms with E-state index in [0.29, 0.717) is 6.54 Å². The van der Waals surface area contributed by atoms with Gasteiger partial charge in [-0.05, 0) is 62.9 Å². The number of aromatic nitrogens is 2. The summed E-state index contributed by atoms with van der Waals surface area (Å²) in [5.74, 6) is 0.861. The molecule has 3 aromatic rings. The van der Waals surface area contributed by atoms with Crippen molar-refractivity contribution in [1.29, 1.82) is 0 Å². The summed E-state index contributed by atoms with van der Waals surface area (Å²) >= 11 is 1.62. The lowest BCUT2D eigenvalue weighted by Crippen LogP contribution is -2.41. The maximum atomic E-state index is 13.0. The van der Waals surface area contributed by atoms with Gasteiger partial charge in [-0.2, -0.15) is 0 Å². The lowest BCUT2D eigenvalue weighted by molar-refractivity contribution is -0.120. The Hall–Kier alpha value is -2.86. The Kier molecular flexibility index (Phi) is 6.56. The fourth-order valence-corrected chi connectivity index (χ4v) is 4.70. The van der Waals surface area contributed by atoms with E-state index in [2.05, 4.69) is 57.4 Å². The average Bonchev–Trinajstić information content (AvgIpc) is 2.78. The standard InChI is InChI=1S/C25H28N4OS/c1-17-7-10-21(11-8-17)31-25-23(26-12-13-27-25)29-14-4-5-20(16-29)24(30)28-22-15-18(2)6-9-19(22)3/h6-13,15,20H,4-5,14,16H2,1-3H3,(H,28,30). The van der Waals surface area contributed by atoms with Gasteiger partial charge in [0.05, 0.1) is 5.92 Å². The van der Waals surface area contributed by atoms with E-state index < -0.39 is 0 Å². The summed E-state index contributed by atoms with van der Waals surface area (Å²) in [6.45, 7) is 7.68. The van der Waals surface area contributed by atoms with Gasteiger partial charge in [-0.15, -0.1) is 0 Å². The van der Waals surface area contributed by atoms with Gasteiger partial charge in [0.1, 0.15) is 5.03 Å². The van der Waals surface area contributed by atoms with Crippen molar-refractivity contribution >= 4 is 29.2 Å². The van der Waals surface area contributed by atoms with Crippen molar-refractivity contribution in [2.75, 3.05) is 23.3 Å². The molecule has 1 saturated heterocycles. The predicted octanol–water partition coefficient (Wildman–Crippen LogP) is 5.41. The van der Waals surface area contributed by atoms with Crippen molar-refractivity contribution < 1.29 is 4.79 Å². The lowest BCUT2D eigenvalue weighted by Gasteiger charge is -2.33. The number of nitrogens with zero attached hydrogens (tertiary/aromatic N) is 3. The molecule has 6 heteroatoms. The van der Waals surface area contributed by atoms with Crippen molar-refractivity contribution in [1.82, 2.24) is 9.97 Å². The van der Waals surface area contributed by atoms with E-state index in [9.17, 15) is 4.79 Å². The summed E-state index contributed by atoms with van der Waals surface area (Å²) < 4.78 is 0. The molecule has 1 N–H and O–H groups in total. The summed E-state index contributed by atoms with van der Waals surface area (Å²) in [6.07, 6.45) is 5.30. The van der Waals surface area contributed by atoms with Crippen LogP contribution in [0, 0.1) is 26.7 Å². The average molecular weight is 433 g/mol. The van der Waals surface area contributed by atoms with Crippen molar-refractivity contribution in [3.05, 3.63) is 71.5 Å². The van der Waals surface area contributed by atoms with Crippen molar-refractivity contribution in [2.24, 2.45) is 5.92 Å². The molecule has 31 heavy (non-hydrogen) atoms. The predicted molar refractivity (Wildman–Crippen MR) is 127 cm³/mol. The van der Waals surface area contributed by atoms with E-state index in [0.717, 1.165) is 51.9 Å². The molecule has 1 atom stereocenters. The molecule has 0 radical (unpaired) electrons. The van der Waals surface area contributed by atoms with E-state index >= 15 is 0 Å². The zero-order chi connectivity index (χ0) is 21.8. The summed E-state index contributed by atoms with van der Waals surface area (Å²) in [6, 6.07) is 14.6. The number of rotatable bonds is 5. The number of amides is 1. The minimum atomic E-state index is -0.0760. The Labute approximate surface area is 188 Å². The normalized spacial score (nSPS) is 16.2. The van der Waals surface area contributed by atoms with Crippen LogP contribution in [0.1, 0.15) is 29.5 Å². The number of benzene rings is 2. The molecule has 1 aliphatic heterocycles. The smallest absolute Gasteiger partial charge is 0.229 e. The summed E-state index contributed by atoms with van der Waals surface area (Å²) in [7, 11) is 0. The highest BCUT2D eigenvalue weighted by atomic mass is 32.2. The summed E-state index contributed by atoms with van der Waals surface area (Å²) in [5.41, 5.74) is 4.36. The fraction of sp³-hybridized carbons (Fsp3) is 0.320. The van der Waals surface area contributed by atoms with Gasteiger partial charge in [-0.1, -0.05) is 41.6 Å². The van der Waals surface area contributed by atoms with Crippen molar-refractivity contribution in [3.63, 3.8) is 0 Å². The van der Waals surface area contributed by atoms with E-state index in [-0.39, 0.29) is 11.8 Å². The number of carbonyl (C=O) groups excluding carboxylic acids is 1. The molecule has 2 aromatic carbocycles. The van der Waals surface area contributed by atoms with Gasteiger partial charge in [-0.3, -0.25) is 4.79 Å². The molecular weight excluding hydrogens is 404 g/mol. The van der Waals surface area contributed by atoms with Gasteiger partial charge in [0, 0.05) is 36.1 Å². The minimum Gasteiger partial charge on any atom is -0.354 e. The third-order valence-electron chi connectivity index (χ3n) is 5.62. The Bertz CT molecular complexity index is 1070. The SMILES string of the molecule is Cc1ccc(Sc2nccnc2N2CCCC(C(=O)Nc3cc(C)ccc3C)C2)cc1. The second kappa shape index (κ2) is 9.52. The number of nitrogens with one attached hydrogen (secondary N) is 1. The molecule has 5 nitrogen and oxygen atoms in total. The lowest BCUT2D eigenvalue weighted by atomic mass is 9.96. The molecule has 0 spiro atoms. The van der Waals surface area contributed by atoms with E-state index in [1.807, 2.05) is 26.0 Å². The highest BCUT2D eigenvalue weighted by molar-refractivity contribution is 7.99. The molecule has 1 aromatic heterocycles. The Morgan fingerprint density at radius 3 is 2.58 bits per heavy atom. The molecular formula is C25H28N4OS. The number of anilines is 2. The molecule has 1 fully saturated rings. The first-order valence-corrected chi connectivity index (χ1v) is 11.5. The molecule has 2 heterocycles. The maximum absolute atomic E-state index is 13.0.